The highest BCUT2D eigenvalue weighted by molar-refractivity contribution is 7.92. The zero-order valence-corrected chi connectivity index (χ0v) is 14.9. The van der Waals surface area contributed by atoms with Crippen molar-refractivity contribution in [3.05, 3.63) is 90.0 Å². The Morgan fingerprint density at radius 2 is 1.31 bits per heavy atom. The molecule has 1 heterocycles. The summed E-state index contributed by atoms with van der Waals surface area (Å²) < 4.78 is 37.9. The van der Waals surface area contributed by atoms with E-state index in [9.17, 15) is 8.42 Å². The van der Waals surface area contributed by atoms with E-state index in [2.05, 4.69) is 4.72 Å². The normalized spacial score (nSPS) is 14.8. The number of ether oxygens (including phenoxy) is 2. The number of hydrogen-bond donors (Lipinski definition) is 1. The predicted octanol–water partition coefficient (Wildman–Crippen LogP) is 3.73. The summed E-state index contributed by atoms with van der Waals surface area (Å²) in [5, 5.41) is 0. The first-order chi connectivity index (χ1) is 12.5. The second kappa shape index (κ2) is 6.07. The number of nitrogens with one attached hydrogen (secondary N) is 1. The summed E-state index contributed by atoms with van der Waals surface area (Å²) in [7, 11) is -3.37. The van der Waals surface area contributed by atoms with Gasteiger partial charge in [-0.15, -0.1) is 0 Å². The minimum atomic E-state index is -3.37. The zero-order chi connectivity index (χ0) is 18.2. The Bertz CT molecular complexity index is 994. The highest BCUT2D eigenvalue weighted by Crippen LogP contribution is 2.48. The van der Waals surface area contributed by atoms with Crippen LogP contribution in [0.5, 0.6) is 11.5 Å². The number of fused-ring (bicyclic) bond motifs is 1. The minimum Gasteiger partial charge on any atom is -0.440 e. The lowest BCUT2D eigenvalue weighted by molar-refractivity contribution is -0.0458. The Labute approximate surface area is 152 Å². The molecule has 26 heavy (non-hydrogen) atoms. The van der Waals surface area contributed by atoms with Crippen LogP contribution < -0.4 is 14.2 Å². The molecular weight excluding hydrogens is 350 g/mol. The van der Waals surface area contributed by atoms with E-state index < -0.39 is 15.8 Å². The lowest BCUT2D eigenvalue weighted by Gasteiger charge is -2.28. The van der Waals surface area contributed by atoms with Crippen molar-refractivity contribution in [3.8, 4) is 11.5 Å². The summed E-state index contributed by atoms with van der Waals surface area (Å²) >= 11 is 0. The summed E-state index contributed by atoms with van der Waals surface area (Å²) in [6.45, 7) is 0. The van der Waals surface area contributed by atoms with Gasteiger partial charge in [0.05, 0.1) is 11.9 Å². The molecule has 4 rings (SSSR count). The van der Waals surface area contributed by atoms with E-state index in [1.165, 1.54) is 0 Å². The largest absolute Gasteiger partial charge is 0.440 e. The van der Waals surface area contributed by atoms with Crippen LogP contribution in [0.3, 0.4) is 0 Å². The summed E-state index contributed by atoms with van der Waals surface area (Å²) in [5.74, 6) is -0.0858. The van der Waals surface area contributed by atoms with Gasteiger partial charge < -0.3 is 9.47 Å². The van der Waals surface area contributed by atoms with Crippen LogP contribution in [0.1, 0.15) is 11.1 Å². The van der Waals surface area contributed by atoms with Crippen molar-refractivity contribution < 1.29 is 17.9 Å². The van der Waals surface area contributed by atoms with Gasteiger partial charge in [-0.1, -0.05) is 60.7 Å². The Morgan fingerprint density at radius 3 is 1.85 bits per heavy atom. The fourth-order valence-electron chi connectivity index (χ4n) is 3.00. The number of anilines is 1. The average Bonchev–Trinajstić information content (AvgIpc) is 3.02. The van der Waals surface area contributed by atoms with Crippen molar-refractivity contribution in [2.45, 2.75) is 5.79 Å². The third kappa shape index (κ3) is 2.99. The molecule has 0 aromatic heterocycles. The van der Waals surface area contributed by atoms with Crippen LogP contribution in [-0.2, 0) is 15.8 Å². The SMILES string of the molecule is CS(=O)(=O)Nc1ccc2c(c1)OC(c1ccccc1)(c1ccccc1)O2. The van der Waals surface area contributed by atoms with Crippen molar-refractivity contribution in [2.75, 3.05) is 11.0 Å². The Kier molecular flexibility index (Phi) is 3.85. The number of rotatable bonds is 4. The van der Waals surface area contributed by atoms with Gasteiger partial charge in [0.15, 0.2) is 11.5 Å². The second-order valence-electron chi connectivity index (χ2n) is 6.09. The van der Waals surface area contributed by atoms with E-state index in [4.69, 9.17) is 9.47 Å². The first-order valence-corrected chi connectivity index (χ1v) is 9.96. The topological polar surface area (TPSA) is 64.6 Å². The van der Waals surface area contributed by atoms with Gasteiger partial charge in [0.1, 0.15) is 0 Å². The van der Waals surface area contributed by atoms with Crippen LogP contribution in [0.4, 0.5) is 5.69 Å². The van der Waals surface area contributed by atoms with E-state index >= 15 is 0 Å². The summed E-state index contributed by atoms with van der Waals surface area (Å²) in [5.41, 5.74) is 2.12. The van der Waals surface area contributed by atoms with Gasteiger partial charge in [-0.3, -0.25) is 4.72 Å². The Balaban J connectivity index is 1.80. The molecule has 0 aliphatic carbocycles. The van der Waals surface area contributed by atoms with E-state index in [1.807, 2.05) is 60.7 Å². The van der Waals surface area contributed by atoms with Crippen LogP contribution in [0, 0.1) is 0 Å². The van der Waals surface area contributed by atoms with Crippen molar-refractivity contribution >= 4 is 15.7 Å². The third-order valence-corrected chi connectivity index (χ3v) is 4.67. The van der Waals surface area contributed by atoms with E-state index in [0.717, 1.165) is 17.4 Å². The molecule has 0 saturated carbocycles. The highest BCUT2D eigenvalue weighted by Gasteiger charge is 2.45. The van der Waals surface area contributed by atoms with Gasteiger partial charge in [-0.25, -0.2) is 8.42 Å². The van der Waals surface area contributed by atoms with Crippen LogP contribution in [0.2, 0.25) is 0 Å². The molecule has 1 aliphatic heterocycles. The van der Waals surface area contributed by atoms with Gasteiger partial charge in [0.25, 0.3) is 0 Å². The first kappa shape index (κ1) is 16.5. The van der Waals surface area contributed by atoms with Crippen LogP contribution in [0.25, 0.3) is 0 Å². The number of benzene rings is 3. The standard InChI is InChI=1S/C20H17NO4S/c1-26(22,23)21-17-12-13-18-19(14-17)25-20(24-18,15-8-4-2-5-9-15)16-10-6-3-7-11-16/h2-14,21H,1H3. The molecule has 1 aliphatic rings. The predicted molar refractivity (Wildman–Crippen MR) is 99.8 cm³/mol. The third-order valence-electron chi connectivity index (χ3n) is 4.06. The molecule has 0 unspecified atom stereocenters. The molecule has 0 spiro atoms. The number of hydrogen-bond acceptors (Lipinski definition) is 4. The first-order valence-electron chi connectivity index (χ1n) is 8.07. The van der Waals surface area contributed by atoms with Gasteiger partial charge in [-0.2, -0.15) is 0 Å². The molecule has 0 saturated heterocycles. The maximum absolute atomic E-state index is 11.5. The lowest BCUT2D eigenvalue weighted by Crippen LogP contribution is -2.36. The molecular formula is C20H17NO4S. The molecule has 0 bridgehead atoms. The molecule has 6 heteroatoms. The molecule has 0 fully saturated rings. The highest BCUT2D eigenvalue weighted by atomic mass is 32.2. The Morgan fingerprint density at radius 1 is 0.769 bits per heavy atom. The zero-order valence-electron chi connectivity index (χ0n) is 14.0. The van der Waals surface area contributed by atoms with E-state index in [1.54, 1.807) is 18.2 Å². The quantitative estimate of drug-likeness (QED) is 0.763. The molecule has 0 atom stereocenters. The smallest absolute Gasteiger partial charge is 0.305 e. The van der Waals surface area contributed by atoms with Crippen LogP contribution >= 0.6 is 0 Å². The van der Waals surface area contributed by atoms with Gasteiger partial charge in [0, 0.05) is 17.2 Å². The number of sulfonamides is 1. The molecule has 3 aromatic carbocycles. The monoisotopic (exact) mass is 367 g/mol. The lowest BCUT2D eigenvalue weighted by atomic mass is 9.97. The summed E-state index contributed by atoms with van der Waals surface area (Å²) in [6.07, 6.45) is 1.11. The van der Waals surface area contributed by atoms with Gasteiger partial charge >= 0.3 is 5.79 Å². The molecule has 0 amide bonds. The molecule has 5 nitrogen and oxygen atoms in total. The average molecular weight is 367 g/mol. The summed E-state index contributed by atoms with van der Waals surface area (Å²) in [6, 6.07) is 24.3. The van der Waals surface area contributed by atoms with Crippen LogP contribution in [0.15, 0.2) is 78.9 Å². The Hall–Kier alpha value is -2.99. The molecule has 1 N–H and O–H groups in total. The summed E-state index contributed by atoms with van der Waals surface area (Å²) in [4.78, 5) is 0. The van der Waals surface area contributed by atoms with Crippen molar-refractivity contribution in [3.63, 3.8) is 0 Å². The fraction of sp³-hybridized carbons (Fsp3) is 0.100. The minimum absolute atomic E-state index is 0.423. The molecule has 0 radical (unpaired) electrons. The molecule has 132 valence electrons. The van der Waals surface area contributed by atoms with Crippen LogP contribution in [-0.4, -0.2) is 14.7 Å². The maximum Gasteiger partial charge on any atom is 0.305 e. The van der Waals surface area contributed by atoms with E-state index in [-0.39, 0.29) is 0 Å². The fourth-order valence-corrected chi connectivity index (χ4v) is 3.55. The maximum atomic E-state index is 11.5. The second-order valence-corrected chi connectivity index (χ2v) is 7.84. The molecule has 3 aromatic rings. The van der Waals surface area contributed by atoms with Gasteiger partial charge in [-0.05, 0) is 12.1 Å². The van der Waals surface area contributed by atoms with Crippen molar-refractivity contribution in [1.82, 2.24) is 0 Å². The van der Waals surface area contributed by atoms with Crippen molar-refractivity contribution in [2.24, 2.45) is 0 Å². The van der Waals surface area contributed by atoms with E-state index in [0.29, 0.717) is 17.2 Å². The van der Waals surface area contributed by atoms with Crippen molar-refractivity contribution in [1.29, 1.82) is 0 Å². The van der Waals surface area contributed by atoms with Gasteiger partial charge in [0.2, 0.25) is 10.0 Å².